The summed E-state index contributed by atoms with van der Waals surface area (Å²) < 4.78 is 0. The standard InChI is InChI=1S/2C7H7.CH3.Zr/c2*1-7-5-3-2-4-6-7;;/h2*2-6H,1H2;1H3;/q3*-1;+3. The van der Waals surface area contributed by atoms with Gasteiger partial charge in [-0.3, -0.25) is 0 Å². The van der Waals surface area contributed by atoms with E-state index in [1.165, 1.54) is 0 Å². The summed E-state index contributed by atoms with van der Waals surface area (Å²) in [7, 11) is 0. The Morgan fingerprint density at radius 2 is 0.812 bits per heavy atom. The van der Waals surface area contributed by atoms with Crippen molar-refractivity contribution in [1.29, 1.82) is 0 Å². The van der Waals surface area contributed by atoms with Crippen molar-refractivity contribution in [3.63, 3.8) is 0 Å². The van der Waals surface area contributed by atoms with E-state index in [4.69, 9.17) is 0 Å². The van der Waals surface area contributed by atoms with Gasteiger partial charge in [-0.05, 0) is 0 Å². The first-order valence-electron chi connectivity index (χ1n) is 4.53. The van der Waals surface area contributed by atoms with Crippen LogP contribution in [0.25, 0.3) is 0 Å². The van der Waals surface area contributed by atoms with E-state index in [0.29, 0.717) is 0 Å². The average Bonchev–Trinajstić information content (AvgIpc) is 2.21. The first-order chi connectivity index (χ1) is 6.79. The minimum atomic E-state index is 0. The van der Waals surface area contributed by atoms with E-state index in [0.717, 1.165) is 11.1 Å². The molecule has 81 valence electrons. The number of hydrogen-bond acceptors (Lipinski definition) is 0. The Morgan fingerprint density at radius 3 is 0.938 bits per heavy atom. The maximum absolute atomic E-state index is 3.72. The number of rotatable bonds is 0. The molecule has 1 heteroatoms. The molecule has 0 spiro atoms. The van der Waals surface area contributed by atoms with Gasteiger partial charge in [-0.15, -0.1) is 24.3 Å². The van der Waals surface area contributed by atoms with E-state index in [9.17, 15) is 0 Å². The number of benzene rings is 2. The monoisotopic (exact) mass is 287 g/mol. The maximum atomic E-state index is 3.72. The predicted molar refractivity (Wildman–Crippen MR) is 68.2 cm³/mol. The molecule has 0 aliphatic rings. The van der Waals surface area contributed by atoms with Crippen LogP contribution in [0.2, 0.25) is 0 Å². The van der Waals surface area contributed by atoms with Crippen LogP contribution >= 0.6 is 0 Å². The summed E-state index contributed by atoms with van der Waals surface area (Å²) in [6.07, 6.45) is 0. The van der Waals surface area contributed by atoms with Gasteiger partial charge in [0.15, 0.2) is 0 Å². The zero-order chi connectivity index (χ0) is 10.2. The molecule has 0 aromatic heterocycles. The molecule has 0 aliphatic heterocycles. The van der Waals surface area contributed by atoms with Crippen molar-refractivity contribution < 1.29 is 26.2 Å². The second-order valence-corrected chi connectivity index (χ2v) is 2.97. The predicted octanol–water partition coefficient (Wildman–Crippen LogP) is 4.19. The van der Waals surface area contributed by atoms with Gasteiger partial charge in [0, 0.05) is 0 Å². The maximum Gasteiger partial charge on any atom is 3.00 e. The fraction of sp³-hybridized carbons (Fsp3) is 0. The Kier molecular flexibility index (Phi) is 11.5. The molecule has 0 saturated carbocycles. The summed E-state index contributed by atoms with van der Waals surface area (Å²) in [6.45, 7) is 7.44. The normalized spacial score (nSPS) is 7.50. The molecule has 0 fully saturated rings. The second-order valence-electron chi connectivity index (χ2n) is 2.97. The molecule has 2 rings (SSSR count). The second kappa shape index (κ2) is 10.6. The van der Waals surface area contributed by atoms with Gasteiger partial charge in [0.25, 0.3) is 0 Å². The smallest absolute Gasteiger partial charge is 0.358 e. The third-order valence-corrected chi connectivity index (χ3v) is 1.69. The summed E-state index contributed by atoms with van der Waals surface area (Å²) >= 11 is 0. The summed E-state index contributed by atoms with van der Waals surface area (Å²) in [5.74, 6) is 0. The van der Waals surface area contributed by atoms with Crippen molar-refractivity contribution >= 4 is 0 Å². The molecule has 2 aromatic carbocycles. The molecular weight excluding hydrogens is 271 g/mol. The fourth-order valence-corrected chi connectivity index (χ4v) is 0.956. The van der Waals surface area contributed by atoms with Crippen molar-refractivity contribution in [1.82, 2.24) is 0 Å². The minimum Gasteiger partial charge on any atom is -0.358 e. The Bertz CT molecular complexity index is 303. The van der Waals surface area contributed by atoms with E-state index in [1.54, 1.807) is 0 Å². The minimum absolute atomic E-state index is 0. The molecule has 0 atom stereocenters. The zero-order valence-corrected chi connectivity index (χ0v) is 12.1. The van der Waals surface area contributed by atoms with Crippen LogP contribution in [-0.2, 0) is 26.2 Å². The molecule has 0 saturated heterocycles. The summed E-state index contributed by atoms with van der Waals surface area (Å²) in [6, 6.07) is 19.7. The molecule has 0 aliphatic carbocycles. The first kappa shape index (κ1) is 17.5. The average molecular weight is 289 g/mol. The Balaban J connectivity index is 0. The Morgan fingerprint density at radius 1 is 0.562 bits per heavy atom. The molecule has 0 amide bonds. The Hall–Kier alpha value is -0.937. The van der Waals surface area contributed by atoms with Crippen LogP contribution in [0.15, 0.2) is 60.7 Å². The zero-order valence-electron chi connectivity index (χ0n) is 9.69. The molecule has 0 heterocycles. The summed E-state index contributed by atoms with van der Waals surface area (Å²) in [4.78, 5) is 0. The van der Waals surface area contributed by atoms with Crippen LogP contribution in [0.1, 0.15) is 11.1 Å². The van der Waals surface area contributed by atoms with Crippen LogP contribution in [0.5, 0.6) is 0 Å². The van der Waals surface area contributed by atoms with Crippen LogP contribution in [0.3, 0.4) is 0 Å². The molecule has 0 nitrogen and oxygen atoms in total. The van der Waals surface area contributed by atoms with E-state index in [2.05, 4.69) is 13.8 Å². The Labute approximate surface area is 119 Å². The summed E-state index contributed by atoms with van der Waals surface area (Å²) in [5.41, 5.74) is 2.14. The molecule has 0 unspecified atom stereocenters. The quantitative estimate of drug-likeness (QED) is 0.638. The van der Waals surface area contributed by atoms with Crippen molar-refractivity contribution in [3.05, 3.63) is 93.1 Å². The third kappa shape index (κ3) is 8.38. The molecular formula is C15H17Zr. The molecule has 0 bridgehead atoms. The van der Waals surface area contributed by atoms with Crippen LogP contribution < -0.4 is 0 Å². The van der Waals surface area contributed by atoms with Crippen molar-refractivity contribution in [2.45, 2.75) is 0 Å². The molecule has 16 heavy (non-hydrogen) atoms. The summed E-state index contributed by atoms with van der Waals surface area (Å²) in [5, 5.41) is 0. The third-order valence-electron chi connectivity index (χ3n) is 1.69. The van der Waals surface area contributed by atoms with Gasteiger partial charge >= 0.3 is 26.2 Å². The fourth-order valence-electron chi connectivity index (χ4n) is 0.956. The topological polar surface area (TPSA) is 0 Å². The van der Waals surface area contributed by atoms with Crippen molar-refractivity contribution in [2.75, 3.05) is 0 Å². The van der Waals surface area contributed by atoms with Crippen molar-refractivity contribution in [2.24, 2.45) is 0 Å². The van der Waals surface area contributed by atoms with Crippen LogP contribution in [0, 0.1) is 21.3 Å². The van der Waals surface area contributed by atoms with Crippen LogP contribution in [-0.4, -0.2) is 0 Å². The van der Waals surface area contributed by atoms with Gasteiger partial charge < -0.3 is 7.43 Å². The van der Waals surface area contributed by atoms with Crippen molar-refractivity contribution in [3.8, 4) is 0 Å². The van der Waals surface area contributed by atoms with Gasteiger partial charge in [0.05, 0.1) is 0 Å². The van der Waals surface area contributed by atoms with Gasteiger partial charge in [-0.2, -0.15) is 49.2 Å². The van der Waals surface area contributed by atoms with E-state index in [-0.39, 0.29) is 33.6 Å². The van der Waals surface area contributed by atoms with E-state index in [1.807, 2.05) is 60.7 Å². The SMILES string of the molecule is [CH2-]c1ccccc1.[CH2-]c1ccccc1.[CH3-].[Zr+3]. The van der Waals surface area contributed by atoms with Gasteiger partial charge in [-0.25, -0.2) is 0 Å². The van der Waals surface area contributed by atoms with Gasteiger partial charge in [-0.1, -0.05) is 12.1 Å². The molecule has 2 aromatic rings. The molecule has 1 radical (unpaired) electrons. The van der Waals surface area contributed by atoms with Gasteiger partial charge in [0.1, 0.15) is 0 Å². The number of hydrogen-bond donors (Lipinski definition) is 0. The van der Waals surface area contributed by atoms with Gasteiger partial charge in [0.2, 0.25) is 0 Å². The van der Waals surface area contributed by atoms with E-state index < -0.39 is 0 Å². The largest absolute Gasteiger partial charge is 3.00 e. The molecule has 0 N–H and O–H groups in total. The first-order valence-corrected chi connectivity index (χ1v) is 4.53. The van der Waals surface area contributed by atoms with Crippen LogP contribution in [0.4, 0.5) is 0 Å². The van der Waals surface area contributed by atoms with E-state index >= 15 is 0 Å².